The third-order valence-electron chi connectivity index (χ3n) is 4.16. The number of hydrogen-bond donors (Lipinski definition) is 1. The lowest BCUT2D eigenvalue weighted by molar-refractivity contribution is -0.137. The van der Waals surface area contributed by atoms with Crippen molar-refractivity contribution < 1.29 is 14.3 Å². The molecule has 0 aliphatic carbocycles. The predicted octanol–water partition coefficient (Wildman–Crippen LogP) is 2.01. The molecule has 0 unspecified atom stereocenters. The SMILES string of the molecule is CNC(=O)c1ccc(CN(C)C(=O)[C@H]2Cc3ccccc3O2)cc1. The van der Waals surface area contributed by atoms with Crippen LogP contribution in [0.1, 0.15) is 21.5 Å². The van der Waals surface area contributed by atoms with E-state index < -0.39 is 6.10 Å². The average Bonchev–Trinajstić information content (AvgIpc) is 3.05. The molecule has 2 aromatic carbocycles. The van der Waals surface area contributed by atoms with Crippen LogP contribution in [0.5, 0.6) is 5.75 Å². The molecule has 0 radical (unpaired) electrons. The Morgan fingerprint density at radius 1 is 1.17 bits per heavy atom. The zero-order valence-electron chi connectivity index (χ0n) is 13.8. The first-order chi connectivity index (χ1) is 11.6. The van der Waals surface area contributed by atoms with Gasteiger partial charge in [-0.3, -0.25) is 9.59 Å². The third kappa shape index (κ3) is 3.25. The van der Waals surface area contributed by atoms with Crippen molar-refractivity contribution in [1.82, 2.24) is 10.2 Å². The predicted molar refractivity (Wildman–Crippen MR) is 90.9 cm³/mol. The maximum absolute atomic E-state index is 12.6. The highest BCUT2D eigenvalue weighted by Gasteiger charge is 2.30. The van der Waals surface area contributed by atoms with Crippen LogP contribution in [0.4, 0.5) is 0 Å². The second-order valence-corrected chi connectivity index (χ2v) is 5.89. The first-order valence-electron chi connectivity index (χ1n) is 7.89. The summed E-state index contributed by atoms with van der Waals surface area (Å²) in [6.45, 7) is 0.475. The van der Waals surface area contributed by atoms with Crippen molar-refractivity contribution in [3.63, 3.8) is 0 Å². The minimum absolute atomic E-state index is 0.0402. The van der Waals surface area contributed by atoms with Gasteiger partial charge in [-0.2, -0.15) is 0 Å². The van der Waals surface area contributed by atoms with Crippen LogP contribution in [0.15, 0.2) is 48.5 Å². The molecule has 0 saturated heterocycles. The lowest BCUT2D eigenvalue weighted by Gasteiger charge is -2.21. The van der Waals surface area contributed by atoms with Crippen LogP contribution < -0.4 is 10.1 Å². The van der Waals surface area contributed by atoms with Crippen LogP contribution in [-0.4, -0.2) is 36.9 Å². The van der Waals surface area contributed by atoms with E-state index in [4.69, 9.17) is 4.74 Å². The lowest BCUT2D eigenvalue weighted by atomic mass is 10.1. The van der Waals surface area contributed by atoms with E-state index in [0.717, 1.165) is 16.9 Å². The molecule has 1 aliphatic heterocycles. The number of rotatable bonds is 4. The molecule has 24 heavy (non-hydrogen) atoms. The Balaban J connectivity index is 1.62. The van der Waals surface area contributed by atoms with E-state index in [0.29, 0.717) is 18.5 Å². The molecule has 0 fully saturated rings. The van der Waals surface area contributed by atoms with Crippen LogP contribution in [0, 0.1) is 0 Å². The smallest absolute Gasteiger partial charge is 0.264 e. The van der Waals surface area contributed by atoms with Crippen LogP contribution in [0.25, 0.3) is 0 Å². The monoisotopic (exact) mass is 324 g/mol. The van der Waals surface area contributed by atoms with E-state index in [1.807, 2.05) is 36.4 Å². The summed E-state index contributed by atoms with van der Waals surface area (Å²) >= 11 is 0. The summed E-state index contributed by atoms with van der Waals surface area (Å²) in [5.74, 6) is 0.629. The molecule has 5 heteroatoms. The van der Waals surface area contributed by atoms with Gasteiger partial charge in [0.2, 0.25) is 0 Å². The summed E-state index contributed by atoms with van der Waals surface area (Å²) in [5, 5.41) is 2.59. The summed E-state index contributed by atoms with van der Waals surface area (Å²) < 4.78 is 5.75. The zero-order valence-corrected chi connectivity index (χ0v) is 13.8. The van der Waals surface area contributed by atoms with Gasteiger partial charge in [-0.15, -0.1) is 0 Å². The minimum atomic E-state index is -0.461. The summed E-state index contributed by atoms with van der Waals surface area (Å²) in [7, 11) is 3.36. The fraction of sp³-hybridized carbons (Fsp3) is 0.263. The standard InChI is InChI=1S/C19H20N2O3/c1-20-18(22)14-9-7-13(8-10-14)12-21(2)19(23)17-11-15-5-3-4-6-16(15)24-17/h3-10,17H,11-12H2,1-2H3,(H,20,22)/t17-/m1/s1. The van der Waals surface area contributed by atoms with Gasteiger partial charge in [0.05, 0.1) is 0 Å². The van der Waals surface area contributed by atoms with E-state index in [9.17, 15) is 9.59 Å². The van der Waals surface area contributed by atoms with Gasteiger partial charge in [-0.1, -0.05) is 30.3 Å². The summed E-state index contributed by atoms with van der Waals surface area (Å²) in [4.78, 5) is 25.8. The Kier molecular flexibility index (Phi) is 4.51. The molecule has 2 amide bonds. The first-order valence-corrected chi connectivity index (χ1v) is 7.89. The van der Waals surface area contributed by atoms with E-state index in [2.05, 4.69) is 5.32 Å². The normalized spacial score (nSPS) is 15.3. The number of para-hydroxylation sites is 1. The highest BCUT2D eigenvalue weighted by atomic mass is 16.5. The molecule has 1 heterocycles. The number of nitrogens with one attached hydrogen (secondary N) is 1. The molecule has 124 valence electrons. The molecular formula is C19H20N2O3. The van der Waals surface area contributed by atoms with Gasteiger partial charge in [-0.25, -0.2) is 0 Å². The van der Waals surface area contributed by atoms with E-state index in [1.54, 1.807) is 31.1 Å². The van der Waals surface area contributed by atoms with Crippen molar-refractivity contribution in [3.8, 4) is 5.75 Å². The topological polar surface area (TPSA) is 58.6 Å². The van der Waals surface area contributed by atoms with Crippen molar-refractivity contribution in [3.05, 3.63) is 65.2 Å². The van der Waals surface area contributed by atoms with Crippen molar-refractivity contribution in [2.45, 2.75) is 19.1 Å². The van der Waals surface area contributed by atoms with Crippen LogP contribution in [0.3, 0.4) is 0 Å². The maximum atomic E-state index is 12.6. The summed E-state index contributed by atoms with van der Waals surface area (Å²) in [5.41, 5.74) is 2.64. The number of fused-ring (bicyclic) bond motifs is 1. The molecule has 1 N–H and O–H groups in total. The highest BCUT2D eigenvalue weighted by molar-refractivity contribution is 5.93. The Bertz CT molecular complexity index is 730. The fourth-order valence-electron chi connectivity index (χ4n) is 2.82. The Morgan fingerprint density at radius 3 is 2.54 bits per heavy atom. The maximum Gasteiger partial charge on any atom is 0.264 e. The molecule has 2 aromatic rings. The number of nitrogens with zero attached hydrogens (tertiary/aromatic N) is 1. The number of benzene rings is 2. The van der Waals surface area contributed by atoms with E-state index >= 15 is 0 Å². The fourth-order valence-corrected chi connectivity index (χ4v) is 2.82. The Morgan fingerprint density at radius 2 is 1.88 bits per heavy atom. The molecule has 3 rings (SSSR count). The van der Waals surface area contributed by atoms with Gasteiger partial charge in [0.25, 0.3) is 11.8 Å². The third-order valence-corrected chi connectivity index (χ3v) is 4.16. The van der Waals surface area contributed by atoms with Gasteiger partial charge in [0, 0.05) is 32.6 Å². The number of carbonyl (C=O) groups is 2. The quantitative estimate of drug-likeness (QED) is 0.936. The number of likely N-dealkylation sites (N-methyl/N-ethyl adjacent to an activating group) is 1. The molecule has 1 atom stereocenters. The van der Waals surface area contributed by atoms with Crippen LogP contribution in [-0.2, 0) is 17.8 Å². The lowest BCUT2D eigenvalue weighted by Crippen LogP contribution is -2.38. The van der Waals surface area contributed by atoms with E-state index in [-0.39, 0.29) is 11.8 Å². The molecule has 1 aliphatic rings. The molecule has 0 aromatic heterocycles. The number of ether oxygens (including phenoxy) is 1. The average molecular weight is 324 g/mol. The Hall–Kier alpha value is -2.82. The molecule has 0 bridgehead atoms. The second kappa shape index (κ2) is 6.74. The van der Waals surface area contributed by atoms with Crippen molar-refractivity contribution >= 4 is 11.8 Å². The van der Waals surface area contributed by atoms with Gasteiger partial charge in [-0.05, 0) is 29.3 Å². The first kappa shape index (κ1) is 16.1. The molecule has 5 nitrogen and oxygen atoms in total. The molecule has 0 spiro atoms. The van der Waals surface area contributed by atoms with Gasteiger partial charge >= 0.3 is 0 Å². The number of amides is 2. The second-order valence-electron chi connectivity index (χ2n) is 5.89. The van der Waals surface area contributed by atoms with E-state index in [1.165, 1.54) is 0 Å². The molecular weight excluding hydrogens is 304 g/mol. The number of carbonyl (C=O) groups excluding carboxylic acids is 2. The summed E-state index contributed by atoms with van der Waals surface area (Å²) in [6.07, 6.45) is 0.145. The summed E-state index contributed by atoms with van der Waals surface area (Å²) in [6, 6.07) is 15.0. The zero-order chi connectivity index (χ0) is 17.1. The van der Waals surface area contributed by atoms with Gasteiger partial charge in [0.15, 0.2) is 6.10 Å². The van der Waals surface area contributed by atoms with Gasteiger partial charge in [0.1, 0.15) is 5.75 Å². The number of hydrogen-bond acceptors (Lipinski definition) is 3. The largest absolute Gasteiger partial charge is 0.480 e. The minimum Gasteiger partial charge on any atom is -0.480 e. The van der Waals surface area contributed by atoms with Crippen molar-refractivity contribution in [2.24, 2.45) is 0 Å². The van der Waals surface area contributed by atoms with Crippen LogP contribution in [0.2, 0.25) is 0 Å². The van der Waals surface area contributed by atoms with Crippen LogP contribution >= 0.6 is 0 Å². The van der Waals surface area contributed by atoms with Crippen molar-refractivity contribution in [2.75, 3.05) is 14.1 Å². The van der Waals surface area contributed by atoms with Gasteiger partial charge < -0.3 is 15.0 Å². The molecule has 0 saturated carbocycles. The van der Waals surface area contributed by atoms with Crippen molar-refractivity contribution in [1.29, 1.82) is 0 Å². The Labute approximate surface area is 141 Å². The highest BCUT2D eigenvalue weighted by Crippen LogP contribution is 2.29.